The number of benzene rings is 1. The molecule has 0 fully saturated rings. The summed E-state index contributed by atoms with van der Waals surface area (Å²) in [5, 5.41) is 8.99. The molecule has 6 nitrogen and oxygen atoms in total. The molecule has 0 aliphatic carbocycles. The van der Waals surface area contributed by atoms with Gasteiger partial charge in [-0.1, -0.05) is 6.07 Å². The maximum atomic E-state index is 11.0. The second-order valence-corrected chi connectivity index (χ2v) is 3.66. The molecular formula is C13H12N2O4. The number of hydrogen-bond donors (Lipinski definition) is 1. The van der Waals surface area contributed by atoms with Gasteiger partial charge in [0.1, 0.15) is 30.0 Å². The molecule has 0 atom stereocenters. The lowest BCUT2D eigenvalue weighted by Gasteiger charge is -2.08. The maximum absolute atomic E-state index is 11.0. The predicted octanol–water partition coefficient (Wildman–Crippen LogP) is 1.76. The van der Waals surface area contributed by atoms with Gasteiger partial charge in [-0.2, -0.15) is 0 Å². The van der Waals surface area contributed by atoms with E-state index in [0.717, 1.165) is 0 Å². The average molecular weight is 260 g/mol. The van der Waals surface area contributed by atoms with Crippen LogP contribution in [0.4, 0.5) is 0 Å². The second kappa shape index (κ2) is 5.81. The van der Waals surface area contributed by atoms with Gasteiger partial charge in [-0.05, 0) is 12.1 Å². The quantitative estimate of drug-likeness (QED) is 0.882. The molecule has 0 saturated heterocycles. The van der Waals surface area contributed by atoms with Crippen LogP contribution in [0.1, 0.15) is 16.1 Å². The van der Waals surface area contributed by atoms with Crippen molar-refractivity contribution in [2.24, 2.45) is 0 Å². The van der Waals surface area contributed by atoms with Crippen LogP contribution in [-0.2, 0) is 6.61 Å². The summed E-state index contributed by atoms with van der Waals surface area (Å²) in [7, 11) is 1.56. The van der Waals surface area contributed by atoms with Crippen molar-refractivity contribution in [1.29, 1.82) is 0 Å². The lowest BCUT2D eigenvalue weighted by Crippen LogP contribution is -2.08. The monoisotopic (exact) mass is 260 g/mol. The number of hydrogen-bond acceptors (Lipinski definition) is 5. The number of rotatable bonds is 5. The van der Waals surface area contributed by atoms with Crippen molar-refractivity contribution in [2.45, 2.75) is 6.61 Å². The minimum atomic E-state index is -1.08. The zero-order valence-corrected chi connectivity index (χ0v) is 10.2. The Hall–Kier alpha value is -2.63. The number of aromatic carboxylic acids is 1. The van der Waals surface area contributed by atoms with Crippen molar-refractivity contribution in [3.8, 4) is 11.5 Å². The summed E-state index contributed by atoms with van der Waals surface area (Å²) in [6.07, 6.45) is 2.54. The first-order chi connectivity index (χ1) is 9.20. The molecule has 1 N–H and O–H groups in total. The van der Waals surface area contributed by atoms with E-state index in [0.29, 0.717) is 17.2 Å². The van der Waals surface area contributed by atoms with Crippen LogP contribution in [0.2, 0.25) is 0 Å². The molecule has 1 heterocycles. The molecule has 0 saturated carbocycles. The lowest BCUT2D eigenvalue weighted by atomic mass is 10.2. The highest BCUT2D eigenvalue weighted by Gasteiger charge is 2.11. The van der Waals surface area contributed by atoms with Crippen LogP contribution >= 0.6 is 0 Å². The van der Waals surface area contributed by atoms with Crippen LogP contribution in [0.25, 0.3) is 0 Å². The fourth-order valence-electron chi connectivity index (χ4n) is 1.49. The van der Waals surface area contributed by atoms with Gasteiger partial charge in [-0.3, -0.25) is 0 Å². The highest BCUT2D eigenvalue weighted by Crippen LogP contribution is 2.20. The Bertz CT molecular complexity index is 586. The molecule has 0 radical (unpaired) electrons. The Kier molecular flexibility index (Phi) is 3.92. The van der Waals surface area contributed by atoms with E-state index >= 15 is 0 Å². The van der Waals surface area contributed by atoms with Gasteiger partial charge in [0, 0.05) is 12.3 Å². The van der Waals surface area contributed by atoms with E-state index in [1.54, 1.807) is 31.4 Å². The molecule has 2 rings (SSSR count). The van der Waals surface area contributed by atoms with E-state index in [9.17, 15) is 4.79 Å². The van der Waals surface area contributed by atoms with E-state index in [2.05, 4.69) is 9.97 Å². The summed E-state index contributed by atoms with van der Waals surface area (Å²) < 4.78 is 10.6. The summed E-state index contributed by atoms with van der Waals surface area (Å²) in [5.41, 5.74) is 0.357. The molecule has 6 heteroatoms. The lowest BCUT2D eigenvalue weighted by molar-refractivity contribution is 0.0692. The van der Waals surface area contributed by atoms with Gasteiger partial charge in [0.25, 0.3) is 0 Å². The van der Waals surface area contributed by atoms with Crippen molar-refractivity contribution in [3.05, 3.63) is 48.0 Å². The van der Waals surface area contributed by atoms with Crippen molar-refractivity contribution in [1.82, 2.24) is 9.97 Å². The third-order valence-electron chi connectivity index (χ3n) is 2.44. The number of aromatic nitrogens is 2. The van der Waals surface area contributed by atoms with Crippen molar-refractivity contribution >= 4 is 5.97 Å². The fraction of sp³-hybridized carbons (Fsp3) is 0.154. The van der Waals surface area contributed by atoms with Crippen molar-refractivity contribution in [3.63, 3.8) is 0 Å². The smallest absolute Gasteiger partial charge is 0.339 e. The summed E-state index contributed by atoms with van der Waals surface area (Å²) in [5.74, 6) is 0.165. The Morgan fingerprint density at radius 3 is 2.89 bits per heavy atom. The van der Waals surface area contributed by atoms with Gasteiger partial charge in [0.05, 0.1) is 12.8 Å². The molecule has 0 aliphatic heterocycles. The Morgan fingerprint density at radius 1 is 1.37 bits per heavy atom. The van der Waals surface area contributed by atoms with Crippen LogP contribution in [0.15, 0.2) is 36.8 Å². The van der Waals surface area contributed by atoms with E-state index in [1.807, 2.05) is 0 Å². The number of methoxy groups -OCH3 is 1. The van der Waals surface area contributed by atoms with Gasteiger partial charge < -0.3 is 14.6 Å². The van der Waals surface area contributed by atoms with Crippen LogP contribution in [0.3, 0.4) is 0 Å². The Balaban J connectivity index is 2.12. The normalized spacial score (nSPS) is 9.95. The minimum Gasteiger partial charge on any atom is -0.497 e. The van der Waals surface area contributed by atoms with Gasteiger partial charge >= 0.3 is 5.97 Å². The largest absolute Gasteiger partial charge is 0.497 e. The number of ether oxygens (including phenoxy) is 2. The average Bonchev–Trinajstić information content (AvgIpc) is 2.45. The second-order valence-electron chi connectivity index (χ2n) is 3.66. The molecule has 2 aromatic rings. The topological polar surface area (TPSA) is 81.5 Å². The molecule has 0 bridgehead atoms. The zero-order valence-electron chi connectivity index (χ0n) is 10.2. The molecule has 19 heavy (non-hydrogen) atoms. The molecule has 98 valence electrons. The Labute approximate surface area is 109 Å². The molecule has 0 amide bonds. The van der Waals surface area contributed by atoms with Crippen LogP contribution in [0.5, 0.6) is 11.5 Å². The first-order valence-corrected chi connectivity index (χ1v) is 5.49. The first kappa shape index (κ1) is 12.8. The molecule has 1 aromatic carbocycles. The van der Waals surface area contributed by atoms with Crippen LogP contribution in [0, 0.1) is 0 Å². The number of carboxylic acid groups (broad SMARTS) is 1. The van der Waals surface area contributed by atoms with E-state index in [-0.39, 0.29) is 12.2 Å². The van der Waals surface area contributed by atoms with Gasteiger partial charge in [0.2, 0.25) is 0 Å². The first-order valence-electron chi connectivity index (χ1n) is 5.49. The highest BCUT2D eigenvalue weighted by molar-refractivity contribution is 5.88. The predicted molar refractivity (Wildman–Crippen MR) is 66.3 cm³/mol. The summed E-state index contributed by atoms with van der Waals surface area (Å²) in [6.45, 7) is 0.0529. The van der Waals surface area contributed by atoms with Crippen molar-refractivity contribution < 1.29 is 19.4 Å². The molecule has 0 spiro atoms. The number of carboxylic acids is 1. The molecular weight excluding hydrogens is 248 g/mol. The molecule has 0 unspecified atom stereocenters. The van der Waals surface area contributed by atoms with Crippen LogP contribution in [-0.4, -0.2) is 28.2 Å². The van der Waals surface area contributed by atoms with E-state index in [4.69, 9.17) is 14.6 Å². The number of carbonyl (C=O) groups is 1. The van der Waals surface area contributed by atoms with E-state index in [1.165, 1.54) is 12.5 Å². The van der Waals surface area contributed by atoms with E-state index < -0.39 is 5.97 Å². The zero-order chi connectivity index (χ0) is 13.7. The van der Waals surface area contributed by atoms with Crippen molar-refractivity contribution in [2.75, 3.05) is 7.11 Å². The third kappa shape index (κ3) is 3.19. The van der Waals surface area contributed by atoms with Crippen LogP contribution < -0.4 is 9.47 Å². The van der Waals surface area contributed by atoms with Gasteiger partial charge in [-0.15, -0.1) is 0 Å². The molecule has 1 aromatic heterocycles. The summed E-state index contributed by atoms with van der Waals surface area (Å²) in [6, 6.07) is 7.04. The minimum absolute atomic E-state index is 0.0328. The molecule has 0 aliphatic rings. The highest BCUT2D eigenvalue weighted by atomic mass is 16.5. The maximum Gasteiger partial charge on any atom is 0.339 e. The summed E-state index contributed by atoms with van der Waals surface area (Å²) in [4.78, 5) is 18.6. The third-order valence-corrected chi connectivity index (χ3v) is 2.44. The Morgan fingerprint density at radius 2 is 2.16 bits per heavy atom. The van der Waals surface area contributed by atoms with Gasteiger partial charge in [-0.25, -0.2) is 14.8 Å². The SMILES string of the molecule is COc1cccc(OCc2ncncc2C(=O)O)c1. The number of nitrogens with zero attached hydrogens (tertiary/aromatic N) is 2. The van der Waals surface area contributed by atoms with Gasteiger partial charge in [0.15, 0.2) is 0 Å². The summed E-state index contributed by atoms with van der Waals surface area (Å²) >= 11 is 0. The standard InChI is InChI=1S/C13H12N2O4/c1-18-9-3-2-4-10(5-9)19-7-12-11(13(16)17)6-14-8-15-12/h2-6,8H,7H2,1H3,(H,16,17). The fourth-order valence-corrected chi connectivity index (χ4v) is 1.49.